The number of nitro benzene ring substituents is 1. The fraction of sp³-hybridized carbons (Fsp3) is 0.500. The van der Waals surface area contributed by atoms with Gasteiger partial charge in [-0.15, -0.1) is 0 Å². The number of nitrogens with zero attached hydrogens (tertiary/aromatic N) is 1. The third kappa shape index (κ3) is 3.69. The second-order valence-corrected chi connectivity index (χ2v) is 5.22. The van der Waals surface area contributed by atoms with E-state index in [1.165, 1.54) is 18.2 Å². The molecule has 21 heavy (non-hydrogen) atoms. The molecule has 1 aliphatic rings. The number of aliphatic hydroxyl groups excluding tert-OH is 1. The van der Waals surface area contributed by atoms with Crippen molar-refractivity contribution in [2.45, 2.75) is 37.8 Å². The fourth-order valence-electron chi connectivity index (χ4n) is 2.53. The molecule has 0 unspecified atom stereocenters. The molecule has 1 saturated carbocycles. The van der Waals surface area contributed by atoms with E-state index in [0.717, 1.165) is 12.8 Å². The summed E-state index contributed by atoms with van der Waals surface area (Å²) in [5.41, 5.74) is 0.699. The van der Waals surface area contributed by atoms with Crippen LogP contribution in [0.2, 0.25) is 0 Å². The largest absolute Gasteiger partial charge is 0.393 e. The van der Waals surface area contributed by atoms with Crippen LogP contribution in [0.5, 0.6) is 0 Å². The predicted molar refractivity (Wildman–Crippen MR) is 78.4 cm³/mol. The van der Waals surface area contributed by atoms with Crippen LogP contribution >= 0.6 is 0 Å². The minimum absolute atomic E-state index is 0.00451. The van der Waals surface area contributed by atoms with E-state index >= 15 is 0 Å². The monoisotopic (exact) mass is 293 g/mol. The van der Waals surface area contributed by atoms with Crippen LogP contribution in [-0.2, 0) is 0 Å². The molecule has 7 nitrogen and oxygen atoms in total. The highest BCUT2D eigenvalue weighted by Gasteiger charge is 2.23. The molecule has 0 saturated heterocycles. The summed E-state index contributed by atoms with van der Waals surface area (Å²) in [7, 11) is 1.66. The summed E-state index contributed by atoms with van der Waals surface area (Å²) >= 11 is 0. The number of anilines is 1. The van der Waals surface area contributed by atoms with Crippen LogP contribution in [0.1, 0.15) is 36.0 Å². The van der Waals surface area contributed by atoms with Gasteiger partial charge in [-0.25, -0.2) is 0 Å². The Morgan fingerprint density at radius 3 is 2.57 bits per heavy atom. The molecule has 0 radical (unpaired) electrons. The minimum Gasteiger partial charge on any atom is -0.393 e. The highest BCUT2D eigenvalue weighted by Crippen LogP contribution is 2.23. The zero-order valence-electron chi connectivity index (χ0n) is 11.8. The Bertz CT molecular complexity index is 539. The van der Waals surface area contributed by atoms with Crippen LogP contribution in [0.15, 0.2) is 18.2 Å². The van der Waals surface area contributed by atoms with E-state index in [2.05, 4.69) is 10.6 Å². The number of rotatable bonds is 4. The van der Waals surface area contributed by atoms with Gasteiger partial charge in [0.05, 0.1) is 16.6 Å². The number of non-ortho nitro benzene ring substituents is 1. The average molecular weight is 293 g/mol. The summed E-state index contributed by atoms with van der Waals surface area (Å²) < 4.78 is 0. The molecular formula is C14H19N3O4. The van der Waals surface area contributed by atoms with E-state index in [-0.39, 0.29) is 29.3 Å². The lowest BCUT2D eigenvalue weighted by Crippen LogP contribution is -2.38. The number of hydrogen-bond donors (Lipinski definition) is 3. The first kappa shape index (κ1) is 15.2. The van der Waals surface area contributed by atoms with E-state index in [0.29, 0.717) is 18.5 Å². The second kappa shape index (κ2) is 6.53. The SMILES string of the molecule is CNc1ccc([N+](=O)[O-])cc1C(=O)NC1CCC(O)CC1. The van der Waals surface area contributed by atoms with Crippen molar-refractivity contribution in [3.8, 4) is 0 Å². The molecule has 1 aliphatic carbocycles. The van der Waals surface area contributed by atoms with E-state index in [4.69, 9.17) is 0 Å². The summed E-state index contributed by atoms with van der Waals surface area (Å²) in [6.45, 7) is 0. The van der Waals surface area contributed by atoms with E-state index in [1.54, 1.807) is 7.05 Å². The van der Waals surface area contributed by atoms with Gasteiger partial charge in [0.1, 0.15) is 0 Å². The van der Waals surface area contributed by atoms with Gasteiger partial charge in [0.2, 0.25) is 0 Å². The first-order valence-corrected chi connectivity index (χ1v) is 6.96. The molecule has 1 aromatic carbocycles. The van der Waals surface area contributed by atoms with Gasteiger partial charge < -0.3 is 15.7 Å². The molecule has 114 valence electrons. The molecule has 7 heteroatoms. The molecule has 1 fully saturated rings. The van der Waals surface area contributed by atoms with Crippen LogP contribution in [-0.4, -0.2) is 35.1 Å². The summed E-state index contributed by atoms with van der Waals surface area (Å²) in [5.74, 6) is -0.329. The van der Waals surface area contributed by atoms with Crippen LogP contribution in [0, 0.1) is 10.1 Å². The van der Waals surface area contributed by atoms with Gasteiger partial charge in [0.25, 0.3) is 11.6 Å². The summed E-state index contributed by atoms with van der Waals surface area (Å²) in [6.07, 6.45) is 2.48. The topological polar surface area (TPSA) is 105 Å². The quantitative estimate of drug-likeness (QED) is 0.578. The maximum atomic E-state index is 12.3. The standard InChI is InChI=1S/C14H19N3O4/c1-15-13-7-4-10(17(20)21)8-12(13)14(19)16-9-2-5-11(18)6-3-9/h4,7-9,11,15,18H,2-3,5-6H2,1H3,(H,16,19). The molecule has 1 aromatic rings. The Hall–Kier alpha value is -2.15. The Morgan fingerprint density at radius 1 is 1.33 bits per heavy atom. The van der Waals surface area contributed by atoms with Crippen molar-refractivity contribution in [3.63, 3.8) is 0 Å². The zero-order chi connectivity index (χ0) is 15.4. The fourth-order valence-corrected chi connectivity index (χ4v) is 2.53. The van der Waals surface area contributed by atoms with Crippen LogP contribution in [0.4, 0.5) is 11.4 Å². The zero-order valence-corrected chi connectivity index (χ0v) is 11.8. The molecule has 0 aromatic heterocycles. The van der Waals surface area contributed by atoms with Gasteiger partial charge in [-0.3, -0.25) is 14.9 Å². The van der Waals surface area contributed by atoms with Crippen molar-refractivity contribution >= 4 is 17.3 Å². The molecular weight excluding hydrogens is 274 g/mol. The van der Waals surface area contributed by atoms with E-state index in [9.17, 15) is 20.0 Å². The number of benzene rings is 1. The molecule has 0 aliphatic heterocycles. The number of nitro groups is 1. The first-order chi connectivity index (χ1) is 10.0. The number of carbonyl (C=O) groups is 1. The number of nitrogens with one attached hydrogen (secondary N) is 2. The highest BCUT2D eigenvalue weighted by molar-refractivity contribution is 6.00. The van der Waals surface area contributed by atoms with Gasteiger partial charge in [-0.2, -0.15) is 0 Å². The van der Waals surface area contributed by atoms with Crippen molar-refractivity contribution in [1.82, 2.24) is 5.32 Å². The average Bonchev–Trinajstić information content (AvgIpc) is 2.48. The van der Waals surface area contributed by atoms with Crippen LogP contribution < -0.4 is 10.6 Å². The summed E-state index contributed by atoms with van der Waals surface area (Å²) in [5, 5.41) is 26.0. The normalized spacial score (nSPS) is 21.6. The maximum Gasteiger partial charge on any atom is 0.270 e. The minimum atomic E-state index is -0.521. The lowest BCUT2D eigenvalue weighted by atomic mass is 9.93. The molecule has 0 spiro atoms. The van der Waals surface area contributed by atoms with Crippen molar-refractivity contribution in [2.24, 2.45) is 0 Å². The third-order valence-corrected chi connectivity index (χ3v) is 3.76. The van der Waals surface area contributed by atoms with Gasteiger partial charge in [0, 0.05) is 30.9 Å². The Morgan fingerprint density at radius 2 is 2.00 bits per heavy atom. The number of amides is 1. The highest BCUT2D eigenvalue weighted by atomic mass is 16.6. The van der Waals surface area contributed by atoms with Crippen LogP contribution in [0.25, 0.3) is 0 Å². The van der Waals surface area contributed by atoms with E-state index < -0.39 is 4.92 Å². The maximum absolute atomic E-state index is 12.3. The lowest BCUT2D eigenvalue weighted by molar-refractivity contribution is -0.384. The van der Waals surface area contributed by atoms with Gasteiger partial charge in [0.15, 0.2) is 0 Å². The number of hydrogen-bond acceptors (Lipinski definition) is 5. The van der Waals surface area contributed by atoms with Gasteiger partial charge in [-0.1, -0.05) is 0 Å². The van der Waals surface area contributed by atoms with Crippen molar-refractivity contribution in [1.29, 1.82) is 0 Å². The third-order valence-electron chi connectivity index (χ3n) is 3.76. The Kier molecular flexibility index (Phi) is 4.74. The van der Waals surface area contributed by atoms with Gasteiger partial charge in [-0.05, 0) is 31.7 Å². The van der Waals surface area contributed by atoms with Crippen molar-refractivity contribution in [3.05, 3.63) is 33.9 Å². The Labute approximate surface area is 122 Å². The number of carbonyl (C=O) groups excluding carboxylic acids is 1. The van der Waals surface area contributed by atoms with Gasteiger partial charge >= 0.3 is 0 Å². The predicted octanol–water partition coefficient (Wildman–Crippen LogP) is 1.67. The molecule has 1 amide bonds. The smallest absolute Gasteiger partial charge is 0.270 e. The summed E-state index contributed by atoms with van der Waals surface area (Å²) in [4.78, 5) is 22.6. The molecule has 2 rings (SSSR count). The number of aliphatic hydroxyl groups is 1. The van der Waals surface area contributed by atoms with Crippen molar-refractivity contribution < 1.29 is 14.8 Å². The Balaban J connectivity index is 2.13. The second-order valence-electron chi connectivity index (χ2n) is 5.22. The molecule has 0 heterocycles. The van der Waals surface area contributed by atoms with Crippen LogP contribution in [0.3, 0.4) is 0 Å². The first-order valence-electron chi connectivity index (χ1n) is 6.96. The lowest BCUT2D eigenvalue weighted by Gasteiger charge is -2.26. The molecule has 0 bridgehead atoms. The van der Waals surface area contributed by atoms with E-state index in [1.807, 2.05) is 0 Å². The van der Waals surface area contributed by atoms with Crippen molar-refractivity contribution in [2.75, 3.05) is 12.4 Å². The molecule has 0 atom stereocenters. The molecule has 3 N–H and O–H groups in total. The summed E-state index contributed by atoms with van der Waals surface area (Å²) in [6, 6.07) is 4.17.